The highest BCUT2D eigenvalue weighted by Gasteiger charge is 2.31. The van der Waals surface area contributed by atoms with Crippen molar-refractivity contribution in [1.29, 1.82) is 0 Å². The van der Waals surface area contributed by atoms with Crippen LogP contribution in [-0.2, 0) is 16.4 Å². The summed E-state index contributed by atoms with van der Waals surface area (Å²) in [4.78, 5) is 0. The number of hydrogen-bond acceptors (Lipinski definition) is 2. The Labute approximate surface area is 120 Å². The standard InChI is InChI=1S/C14H20ClNO2S/c15-12-14-8-4-5-10-16(14)19(17,18)11-9-13-6-2-1-3-7-13/h1-3,6-7,14H,4-5,8-12H2. The number of piperidine rings is 1. The summed E-state index contributed by atoms with van der Waals surface area (Å²) in [6, 6.07) is 9.72. The molecule has 1 unspecified atom stereocenters. The van der Waals surface area contributed by atoms with Crippen LogP contribution in [0.4, 0.5) is 0 Å². The smallest absolute Gasteiger partial charge is 0.212 e. The van der Waals surface area contributed by atoms with Gasteiger partial charge in [-0.3, -0.25) is 0 Å². The number of halogens is 1. The number of hydrogen-bond donors (Lipinski definition) is 0. The fourth-order valence-electron chi connectivity index (χ4n) is 2.50. The predicted octanol–water partition coefficient (Wildman–Crippen LogP) is 2.65. The highest BCUT2D eigenvalue weighted by molar-refractivity contribution is 7.89. The van der Waals surface area contributed by atoms with Gasteiger partial charge in [-0.1, -0.05) is 36.8 Å². The first kappa shape index (κ1) is 14.8. The molecule has 1 aliphatic heterocycles. The summed E-state index contributed by atoms with van der Waals surface area (Å²) in [5.74, 6) is 0.564. The number of nitrogens with zero attached hydrogens (tertiary/aromatic N) is 1. The van der Waals surface area contributed by atoms with E-state index in [0.29, 0.717) is 18.8 Å². The molecular formula is C14H20ClNO2S. The maximum Gasteiger partial charge on any atom is 0.214 e. The van der Waals surface area contributed by atoms with Gasteiger partial charge in [0.1, 0.15) is 0 Å². The molecule has 3 nitrogen and oxygen atoms in total. The fourth-order valence-corrected chi connectivity index (χ4v) is 4.68. The summed E-state index contributed by atoms with van der Waals surface area (Å²) in [5, 5.41) is 0. The molecule has 106 valence electrons. The zero-order chi connectivity index (χ0) is 13.7. The molecule has 0 N–H and O–H groups in total. The van der Waals surface area contributed by atoms with E-state index in [9.17, 15) is 8.42 Å². The minimum absolute atomic E-state index is 0.0174. The lowest BCUT2D eigenvalue weighted by molar-refractivity contribution is 0.271. The Morgan fingerprint density at radius 3 is 2.63 bits per heavy atom. The van der Waals surface area contributed by atoms with Crippen LogP contribution >= 0.6 is 11.6 Å². The quantitative estimate of drug-likeness (QED) is 0.784. The number of alkyl halides is 1. The molecule has 0 amide bonds. The van der Waals surface area contributed by atoms with Gasteiger partial charge in [0.25, 0.3) is 0 Å². The summed E-state index contributed by atoms with van der Waals surface area (Å²) in [5.41, 5.74) is 1.06. The molecular weight excluding hydrogens is 282 g/mol. The van der Waals surface area contributed by atoms with Gasteiger partial charge in [-0.15, -0.1) is 11.6 Å². The van der Waals surface area contributed by atoms with E-state index in [4.69, 9.17) is 11.6 Å². The van der Waals surface area contributed by atoms with Crippen molar-refractivity contribution in [2.45, 2.75) is 31.7 Å². The van der Waals surface area contributed by atoms with Crippen molar-refractivity contribution in [2.75, 3.05) is 18.2 Å². The van der Waals surface area contributed by atoms with E-state index in [1.807, 2.05) is 30.3 Å². The van der Waals surface area contributed by atoms with Gasteiger partial charge in [-0.25, -0.2) is 8.42 Å². The fraction of sp³-hybridized carbons (Fsp3) is 0.571. The molecule has 0 spiro atoms. The molecule has 1 atom stereocenters. The highest BCUT2D eigenvalue weighted by Crippen LogP contribution is 2.22. The Morgan fingerprint density at radius 2 is 1.95 bits per heavy atom. The van der Waals surface area contributed by atoms with E-state index >= 15 is 0 Å². The van der Waals surface area contributed by atoms with Crippen molar-refractivity contribution in [3.8, 4) is 0 Å². The van der Waals surface area contributed by atoms with Crippen molar-refractivity contribution in [1.82, 2.24) is 4.31 Å². The number of rotatable bonds is 5. The van der Waals surface area contributed by atoms with E-state index in [1.165, 1.54) is 0 Å². The van der Waals surface area contributed by atoms with E-state index in [1.54, 1.807) is 4.31 Å². The largest absolute Gasteiger partial charge is 0.214 e. The highest BCUT2D eigenvalue weighted by atomic mass is 35.5. The normalized spacial score (nSPS) is 21.4. The van der Waals surface area contributed by atoms with Gasteiger partial charge in [-0.2, -0.15) is 4.31 Å². The molecule has 0 aliphatic carbocycles. The van der Waals surface area contributed by atoms with Crippen LogP contribution in [0.25, 0.3) is 0 Å². The summed E-state index contributed by atoms with van der Waals surface area (Å²) in [7, 11) is -3.19. The topological polar surface area (TPSA) is 37.4 Å². The third-order valence-corrected chi connectivity index (χ3v) is 5.87. The lowest BCUT2D eigenvalue weighted by Crippen LogP contribution is -2.45. The maximum absolute atomic E-state index is 12.4. The van der Waals surface area contributed by atoms with Crippen LogP contribution in [0, 0.1) is 0 Å². The van der Waals surface area contributed by atoms with Gasteiger partial charge in [0.2, 0.25) is 10.0 Å². The second-order valence-corrected chi connectivity index (χ2v) is 7.32. The van der Waals surface area contributed by atoms with Crippen molar-refractivity contribution < 1.29 is 8.42 Å². The Kier molecular flexibility index (Phi) is 5.25. The zero-order valence-electron chi connectivity index (χ0n) is 11.0. The zero-order valence-corrected chi connectivity index (χ0v) is 12.5. The molecule has 5 heteroatoms. The SMILES string of the molecule is O=S(=O)(CCc1ccccc1)N1CCCCC1CCl. The van der Waals surface area contributed by atoms with Gasteiger partial charge < -0.3 is 0 Å². The minimum Gasteiger partial charge on any atom is -0.212 e. The van der Waals surface area contributed by atoms with E-state index in [-0.39, 0.29) is 11.8 Å². The molecule has 1 aromatic rings. The summed E-state index contributed by atoms with van der Waals surface area (Å²) in [6.07, 6.45) is 3.46. The van der Waals surface area contributed by atoms with Crippen molar-refractivity contribution in [2.24, 2.45) is 0 Å². The Morgan fingerprint density at radius 1 is 1.21 bits per heavy atom. The lowest BCUT2D eigenvalue weighted by Gasteiger charge is -2.33. The van der Waals surface area contributed by atoms with Gasteiger partial charge in [-0.05, 0) is 24.8 Å². The van der Waals surface area contributed by atoms with Crippen LogP contribution in [0.5, 0.6) is 0 Å². The Hall–Kier alpha value is -0.580. The molecule has 1 aromatic carbocycles. The predicted molar refractivity (Wildman–Crippen MR) is 79.0 cm³/mol. The summed E-state index contributed by atoms with van der Waals surface area (Å²) in [6.45, 7) is 0.620. The Balaban J connectivity index is 2.01. The third-order valence-electron chi connectivity index (χ3n) is 3.60. The molecule has 1 fully saturated rings. The van der Waals surface area contributed by atoms with Crippen molar-refractivity contribution in [3.05, 3.63) is 35.9 Å². The average Bonchev–Trinajstić information content (AvgIpc) is 2.46. The third kappa shape index (κ3) is 3.94. The van der Waals surface area contributed by atoms with Crippen molar-refractivity contribution in [3.63, 3.8) is 0 Å². The van der Waals surface area contributed by atoms with Crippen LogP contribution < -0.4 is 0 Å². The molecule has 1 heterocycles. The van der Waals surface area contributed by atoms with E-state index in [0.717, 1.165) is 24.8 Å². The number of aryl methyl sites for hydroxylation is 1. The summed E-state index contributed by atoms with van der Waals surface area (Å²) >= 11 is 5.89. The van der Waals surface area contributed by atoms with Gasteiger partial charge in [0.15, 0.2) is 0 Å². The van der Waals surface area contributed by atoms with Gasteiger partial charge in [0.05, 0.1) is 5.75 Å². The first-order valence-electron chi connectivity index (χ1n) is 6.73. The Bertz CT molecular complexity index is 489. The summed E-state index contributed by atoms with van der Waals surface area (Å²) < 4.78 is 26.4. The number of sulfonamides is 1. The second kappa shape index (κ2) is 6.73. The van der Waals surface area contributed by atoms with Crippen LogP contribution in [0.3, 0.4) is 0 Å². The van der Waals surface area contributed by atoms with Crippen LogP contribution in [-0.4, -0.2) is 36.9 Å². The molecule has 0 saturated carbocycles. The van der Waals surface area contributed by atoms with Crippen molar-refractivity contribution >= 4 is 21.6 Å². The molecule has 2 rings (SSSR count). The average molecular weight is 302 g/mol. The maximum atomic E-state index is 12.4. The molecule has 19 heavy (non-hydrogen) atoms. The molecule has 0 aromatic heterocycles. The van der Waals surface area contributed by atoms with Gasteiger partial charge in [0, 0.05) is 18.5 Å². The molecule has 0 bridgehead atoms. The minimum atomic E-state index is -3.19. The van der Waals surface area contributed by atoms with E-state index < -0.39 is 10.0 Å². The monoisotopic (exact) mass is 301 g/mol. The number of benzene rings is 1. The second-order valence-electron chi connectivity index (χ2n) is 4.97. The molecule has 1 saturated heterocycles. The first-order valence-corrected chi connectivity index (χ1v) is 8.87. The van der Waals surface area contributed by atoms with Crippen LogP contribution in [0.2, 0.25) is 0 Å². The lowest BCUT2D eigenvalue weighted by atomic mass is 10.1. The van der Waals surface area contributed by atoms with E-state index in [2.05, 4.69) is 0 Å². The van der Waals surface area contributed by atoms with Crippen LogP contribution in [0.1, 0.15) is 24.8 Å². The van der Waals surface area contributed by atoms with Crippen LogP contribution in [0.15, 0.2) is 30.3 Å². The molecule has 1 aliphatic rings. The van der Waals surface area contributed by atoms with Gasteiger partial charge >= 0.3 is 0 Å². The molecule has 0 radical (unpaired) electrons. The first-order chi connectivity index (χ1) is 9.13.